The van der Waals surface area contributed by atoms with E-state index in [2.05, 4.69) is 9.97 Å². The first kappa shape index (κ1) is 15.8. The zero-order valence-electron chi connectivity index (χ0n) is 12.2. The van der Waals surface area contributed by atoms with Gasteiger partial charge in [-0.2, -0.15) is 5.26 Å². The Morgan fingerprint density at radius 3 is 2.73 bits per heavy atom. The van der Waals surface area contributed by atoms with Crippen LogP contribution in [0.15, 0.2) is 23.0 Å². The maximum Gasteiger partial charge on any atom is 0.270 e. The van der Waals surface area contributed by atoms with Crippen molar-refractivity contribution >= 4 is 12.2 Å². The van der Waals surface area contributed by atoms with Gasteiger partial charge < -0.3 is 14.5 Å². The zero-order valence-corrected chi connectivity index (χ0v) is 13.0. The van der Waals surface area contributed by atoms with Gasteiger partial charge in [-0.1, -0.05) is 6.92 Å². The Balaban J connectivity index is 2.61. The highest BCUT2D eigenvalue weighted by Crippen LogP contribution is 2.32. The first-order chi connectivity index (χ1) is 10.6. The minimum atomic E-state index is -0.520. The van der Waals surface area contributed by atoms with Crippen molar-refractivity contribution in [3.63, 3.8) is 0 Å². The van der Waals surface area contributed by atoms with Gasteiger partial charge in [0.25, 0.3) is 5.56 Å². The third-order valence-electron chi connectivity index (χ3n) is 2.97. The number of methoxy groups -OCH3 is 1. The van der Waals surface area contributed by atoms with Gasteiger partial charge in [-0.25, -0.2) is 0 Å². The van der Waals surface area contributed by atoms with Gasteiger partial charge in [-0.15, -0.1) is 0 Å². The lowest BCUT2D eigenvalue weighted by molar-refractivity contribution is 0.294. The maximum absolute atomic E-state index is 11.8. The number of nitrogens with one attached hydrogen (secondary N) is 2. The standard InChI is InChI=1S/C15H15N3O3S/c1-3-6-21-12-7-9(4-5-11(12)20-2)13-10(8-16)14(19)18-15(22)17-13/h4-5,7H,3,6H2,1-2H3,(H2,17,18,19,22). The van der Waals surface area contributed by atoms with Gasteiger partial charge in [0.05, 0.1) is 19.4 Å². The molecule has 0 spiro atoms. The van der Waals surface area contributed by atoms with Crippen LogP contribution < -0.4 is 15.0 Å². The molecule has 0 atom stereocenters. The SMILES string of the molecule is CCCOc1cc(-c2[nH]c(=S)[nH]c(=O)c2C#N)ccc1OC. The Kier molecular flexibility index (Phi) is 4.96. The summed E-state index contributed by atoms with van der Waals surface area (Å²) >= 11 is 4.97. The van der Waals surface area contributed by atoms with E-state index in [1.165, 1.54) is 0 Å². The van der Waals surface area contributed by atoms with Crippen LogP contribution in [0.3, 0.4) is 0 Å². The molecule has 0 saturated heterocycles. The Hall–Kier alpha value is -2.59. The van der Waals surface area contributed by atoms with Crippen LogP contribution >= 0.6 is 12.2 Å². The van der Waals surface area contributed by atoms with Crippen LogP contribution in [-0.4, -0.2) is 23.7 Å². The number of benzene rings is 1. The van der Waals surface area contributed by atoms with E-state index in [0.29, 0.717) is 29.4 Å². The van der Waals surface area contributed by atoms with Crippen molar-refractivity contribution in [2.45, 2.75) is 13.3 Å². The summed E-state index contributed by atoms with van der Waals surface area (Å²) in [6, 6.07) is 7.06. The van der Waals surface area contributed by atoms with E-state index in [0.717, 1.165) is 6.42 Å². The molecule has 0 amide bonds. The molecule has 0 radical (unpaired) electrons. The van der Waals surface area contributed by atoms with Crippen molar-refractivity contribution in [3.05, 3.63) is 38.9 Å². The topological polar surface area (TPSA) is 90.9 Å². The van der Waals surface area contributed by atoms with Gasteiger partial charge in [-0.3, -0.25) is 9.78 Å². The second-order valence-corrected chi connectivity index (χ2v) is 4.89. The van der Waals surface area contributed by atoms with E-state index in [1.54, 1.807) is 25.3 Å². The molecule has 22 heavy (non-hydrogen) atoms. The maximum atomic E-state index is 11.8. The normalized spacial score (nSPS) is 10.0. The monoisotopic (exact) mass is 317 g/mol. The minimum Gasteiger partial charge on any atom is -0.493 e. The molecular weight excluding hydrogens is 302 g/mol. The van der Waals surface area contributed by atoms with E-state index >= 15 is 0 Å². The molecule has 7 heteroatoms. The molecule has 6 nitrogen and oxygen atoms in total. The van der Waals surface area contributed by atoms with Crippen LogP contribution in [0.2, 0.25) is 0 Å². The third-order valence-corrected chi connectivity index (χ3v) is 3.17. The molecule has 1 aromatic heterocycles. The molecule has 1 aromatic carbocycles. The lowest BCUT2D eigenvalue weighted by Gasteiger charge is -2.12. The highest BCUT2D eigenvalue weighted by atomic mass is 32.1. The van der Waals surface area contributed by atoms with Crippen molar-refractivity contribution in [3.8, 4) is 28.8 Å². The molecule has 1 heterocycles. The molecule has 0 aliphatic carbocycles. The summed E-state index contributed by atoms with van der Waals surface area (Å²) in [6.07, 6.45) is 0.851. The van der Waals surface area contributed by atoms with Crippen LogP contribution in [0, 0.1) is 16.1 Å². The number of rotatable bonds is 5. The summed E-state index contributed by atoms with van der Waals surface area (Å²) in [6.45, 7) is 2.54. The van der Waals surface area contributed by atoms with E-state index in [4.69, 9.17) is 21.7 Å². The quantitative estimate of drug-likeness (QED) is 0.827. The first-order valence-corrected chi connectivity index (χ1v) is 7.09. The van der Waals surface area contributed by atoms with Crippen LogP contribution in [0.25, 0.3) is 11.3 Å². The number of nitrogens with zero attached hydrogens (tertiary/aromatic N) is 1. The van der Waals surface area contributed by atoms with Crippen molar-refractivity contribution in [1.82, 2.24) is 9.97 Å². The first-order valence-electron chi connectivity index (χ1n) is 6.68. The molecule has 0 unspecified atom stereocenters. The van der Waals surface area contributed by atoms with Crippen molar-refractivity contribution in [1.29, 1.82) is 5.26 Å². The average molecular weight is 317 g/mol. The molecule has 2 rings (SSSR count). The second-order valence-electron chi connectivity index (χ2n) is 4.48. The molecule has 0 fully saturated rings. The molecule has 114 valence electrons. The third kappa shape index (κ3) is 3.18. The highest BCUT2D eigenvalue weighted by Gasteiger charge is 2.13. The van der Waals surface area contributed by atoms with Gasteiger partial charge in [0.2, 0.25) is 0 Å². The summed E-state index contributed by atoms with van der Waals surface area (Å²) in [4.78, 5) is 17.1. The predicted molar refractivity (Wildman–Crippen MR) is 84.7 cm³/mol. The number of aromatic amines is 2. The minimum absolute atomic E-state index is 0.0276. The highest BCUT2D eigenvalue weighted by molar-refractivity contribution is 7.71. The van der Waals surface area contributed by atoms with E-state index < -0.39 is 5.56 Å². The van der Waals surface area contributed by atoms with Gasteiger partial charge in [0, 0.05) is 5.56 Å². The predicted octanol–water partition coefficient (Wildman–Crippen LogP) is 2.77. The van der Waals surface area contributed by atoms with Gasteiger partial charge in [-0.05, 0) is 36.8 Å². The number of aromatic nitrogens is 2. The van der Waals surface area contributed by atoms with Crippen molar-refractivity contribution < 1.29 is 9.47 Å². The molecular formula is C15H15N3O3S. The second kappa shape index (κ2) is 6.91. The zero-order chi connectivity index (χ0) is 16.1. The van der Waals surface area contributed by atoms with Crippen LogP contribution in [0.4, 0.5) is 0 Å². The largest absolute Gasteiger partial charge is 0.493 e. The van der Waals surface area contributed by atoms with E-state index in [-0.39, 0.29) is 10.3 Å². The van der Waals surface area contributed by atoms with Crippen LogP contribution in [0.1, 0.15) is 18.9 Å². The summed E-state index contributed by atoms with van der Waals surface area (Å²) in [5.74, 6) is 1.13. The fourth-order valence-corrected chi connectivity index (χ4v) is 2.16. The average Bonchev–Trinajstić information content (AvgIpc) is 2.52. The van der Waals surface area contributed by atoms with E-state index in [1.807, 2.05) is 13.0 Å². The molecule has 0 saturated carbocycles. The lowest BCUT2D eigenvalue weighted by atomic mass is 10.1. The molecule has 0 bridgehead atoms. The number of hydrogen-bond acceptors (Lipinski definition) is 5. The van der Waals surface area contributed by atoms with Crippen molar-refractivity contribution in [2.24, 2.45) is 0 Å². The summed E-state index contributed by atoms with van der Waals surface area (Å²) in [5, 5.41) is 9.18. The smallest absolute Gasteiger partial charge is 0.270 e. The Morgan fingerprint density at radius 1 is 1.32 bits per heavy atom. The Bertz CT molecular complexity index is 833. The number of ether oxygens (including phenoxy) is 2. The van der Waals surface area contributed by atoms with Gasteiger partial charge >= 0.3 is 0 Å². The molecule has 2 N–H and O–H groups in total. The fourth-order valence-electron chi connectivity index (χ4n) is 1.97. The molecule has 0 aliphatic rings. The Morgan fingerprint density at radius 2 is 2.09 bits per heavy atom. The number of hydrogen-bond donors (Lipinski definition) is 2. The van der Waals surface area contributed by atoms with Crippen molar-refractivity contribution in [2.75, 3.05) is 13.7 Å². The number of nitriles is 1. The summed E-state index contributed by atoms with van der Waals surface area (Å²) in [7, 11) is 1.55. The summed E-state index contributed by atoms with van der Waals surface area (Å²) in [5.41, 5.74) is 0.439. The molecule has 0 aliphatic heterocycles. The van der Waals surface area contributed by atoms with Gasteiger partial charge in [0.1, 0.15) is 11.6 Å². The Labute approximate surface area is 132 Å². The molecule has 2 aromatic rings. The fraction of sp³-hybridized carbons (Fsp3) is 0.267. The summed E-state index contributed by atoms with van der Waals surface area (Å²) < 4.78 is 11.0. The van der Waals surface area contributed by atoms with Crippen LogP contribution in [-0.2, 0) is 0 Å². The van der Waals surface area contributed by atoms with E-state index in [9.17, 15) is 10.1 Å². The number of H-pyrrole nitrogens is 2. The van der Waals surface area contributed by atoms with Gasteiger partial charge in [0.15, 0.2) is 16.3 Å². The van der Waals surface area contributed by atoms with Crippen LogP contribution in [0.5, 0.6) is 11.5 Å². The lowest BCUT2D eigenvalue weighted by Crippen LogP contribution is -2.13.